The Hall–Kier alpha value is -1.42. The van der Waals surface area contributed by atoms with Gasteiger partial charge in [0.05, 0.1) is 5.56 Å². The van der Waals surface area contributed by atoms with Crippen molar-refractivity contribution < 1.29 is 4.79 Å². The molecule has 0 N–H and O–H groups in total. The first-order chi connectivity index (χ1) is 8.75. The van der Waals surface area contributed by atoms with Gasteiger partial charge in [0, 0.05) is 31.9 Å². The van der Waals surface area contributed by atoms with Crippen LogP contribution in [0.15, 0.2) is 18.3 Å². The first-order valence-electron chi connectivity index (χ1n) is 6.70. The summed E-state index contributed by atoms with van der Waals surface area (Å²) in [4.78, 5) is 20.9. The van der Waals surface area contributed by atoms with Crippen molar-refractivity contribution in [2.24, 2.45) is 0 Å². The van der Waals surface area contributed by atoms with Crippen LogP contribution >= 0.6 is 0 Å². The van der Waals surface area contributed by atoms with Crippen LogP contribution in [-0.4, -0.2) is 47.9 Å². The second kappa shape index (κ2) is 4.69. The average molecular weight is 245 g/mol. The summed E-state index contributed by atoms with van der Waals surface area (Å²) in [6, 6.07) is 4.37. The number of Topliss-reactive ketones (excluding diaryl/α,β-unsaturated/α-hetero) is 1. The molecule has 0 aliphatic carbocycles. The fraction of sp³-hybridized carbons (Fsp3) is 0.571. The molecule has 1 aromatic heterocycles. The Labute approximate surface area is 108 Å². The Balaban J connectivity index is 1.85. The SMILES string of the molecule is CC(=O)c1cccnc1N1CCN2CCCC2C1. The van der Waals surface area contributed by atoms with E-state index in [1.54, 1.807) is 13.1 Å². The van der Waals surface area contributed by atoms with E-state index in [0.717, 1.165) is 31.0 Å². The molecule has 2 aliphatic heterocycles. The third-order valence-electron chi connectivity index (χ3n) is 4.05. The molecule has 4 nitrogen and oxygen atoms in total. The number of piperazine rings is 1. The van der Waals surface area contributed by atoms with Crippen molar-refractivity contribution in [1.82, 2.24) is 9.88 Å². The van der Waals surface area contributed by atoms with Crippen molar-refractivity contribution in [1.29, 1.82) is 0 Å². The van der Waals surface area contributed by atoms with E-state index in [1.165, 1.54) is 19.4 Å². The smallest absolute Gasteiger partial charge is 0.163 e. The van der Waals surface area contributed by atoms with Crippen molar-refractivity contribution in [3.8, 4) is 0 Å². The molecular weight excluding hydrogens is 226 g/mol. The molecule has 0 saturated carbocycles. The zero-order valence-electron chi connectivity index (χ0n) is 10.8. The number of rotatable bonds is 2. The van der Waals surface area contributed by atoms with Crippen LogP contribution in [0.3, 0.4) is 0 Å². The summed E-state index contributed by atoms with van der Waals surface area (Å²) in [5.41, 5.74) is 0.754. The summed E-state index contributed by atoms with van der Waals surface area (Å²) in [6.45, 7) is 5.94. The first-order valence-corrected chi connectivity index (χ1v) is 6.70. The van der Waals surface area contributed by atoms with Crippen LogP contribution in [0, 0.1) is 0 Å². The number of nitrogens with zero attached hydrogens (tertiary/aromatic N) is 3. The van der Waals surface area contributed by atoms with E-state index >= 15 is 0 Å². The molecule has 0 amide bonds. The topological polar surface area (TPSA) is 36.4 Å². The van der Waals surface area contributed by atoms with Crippen molar-refractivity contribution >= 4 is 11.6 Å². The van der Waals surface area contributed by atoms with E-state index in [2.05, 4.69) is 14.8 Å². The standard InChI is InChI=1S/C14H19N3O/c1-11(18)13-5-2-6-15-14(13)17-9-8-16-7-3-4-12(16)10-17/h2,5-6,12H,3-4,7-10H2,1H3. The van der Waals surface area contributed by atoms with Gasteiger partial charge in [-0.2, -0.15) is 0 Å². The van der Waals surface area contributed by atoms with Crippen LogP contribution in [-0.2, 0) is 0 Å². The van der Waals surface area contributed by atoms with Gasteiger partial charge in [0.15, 0.2) is 5.78 Å². The van der Waals surface area contributed by atoms with E-state index in [-0.39, 0.29) is 5.78 Å². The normalized spacial score (nSPS) is 24.1. The highest BCUT2D eigenvalue weighted by molar-refractivity contribution is 5.98. The molecule has 0 aromatic carbocycles. The molecule has 4 heteroatoms. The lowest BCUT2D eigenvalue weighted by molar-refractivity contribution is 0.101. The Morgan fingerprint density at radius 1 is 1.39 bits per heavy atom. The molecule has 0 bridgehead atoms. The number of carbonyl (C=O) groups excluding carboxylic acids is 1. The lowest BCUT2D eigenvalue weighted by atomic mass is 10.1. The van der Waals surface area contributed by atoms with Crippen molar-refractivity contribution in [2.45, 2.75) is 25.8 Å². The summed E-state index contributed by atoms with van der Waals surface area (Å²) in [5, 5.41) is 0. The number of pyridine rings is 1. The maximum absolute atomic E-state index is 11.7. The van der Waals surface area contributed by atoms with Crippen molar-refractivity contribution in [2.75, 3.05) is 31.1 Å². The molecule has 1 atom stereocenters. The van der Waals surface area contributed by atoms with E-state index in [9.17, 15) is 4.79 Å². The highest BCUT2D eigenvalue weighted by atomic mass is 16.1. The van der Waals surface area contributed by atoms with E-state index in [4.69, 9.17) is 0 Å². The van der Waals surface area contributed by atoms with Crippen LogP contribution in [0.25, 0.3) is 0 Å². The second-order valence-electron chi connectivity index (χ2n) is 5.21. The molecule has 96 valence electrons. The molecular formula is C14H19N3O. The highest BCUT2D eigenvalue weighted by Gasteiger charge is 2.31. The molecule has 2 saturated heterocycles. The monoisotopic (exact) mass is 245 g/mol. The van der Waals surface area contributed by atoms with Gasteiger partial charge in [0.1, 0.15) is 5.82 Å². The predicted molar refractivity (Wildman–Crippen MR) is 71.0 cm³/mol. The highest BCUT2D eigenvalue weighted by Crippen LogP contribution is 2.26. The van der Waals surface area contributed by atoms with Crippen LogP contribution in [0.1, 0.15) is 30.1 Å². The van der Waals surface area contributed by atoms with Crippen LogP contribution < -0.4 is 4.90 Å². The quantitative estimate of drug-likeness (QED) is 0.741. The fourth-order valence-electron chi connectivity index (χ4n) is 3.11. The van der Waals surface area contributed by atoms with Crippen molar-refractivity contribution in [3.63, 3.8) is 0 Å². The van der Waals surface area contributed by atoms with Crippen LogP contribution in [0.2, 0.25) is 0 Å². The zero-order chi connectivity index (χ0) is 12.5. The van der Waals surface area contributed by atoms with Gasteiger partial charge in [-0.1, -0.05) is 0 Å². The Bertz CT molecular complexity index is 460. The van der Waals surface area contributed by atoms with Gasteiger partial charge >= 0.3 is 0 Å². The van der Waals surface area contributed by atoms with E-state index in [1.807, 2.05) is 12.1 Å². The Morgan fingerprint density at radius 2 is 2.28 bits per heavy atom. The van der Waals surface area contributed by atoms with E-state index in [0.29, 0.717) is 6.04 Å². The number of carbonyl (C=O) groups is 1. The second-order valence-corrected chi connectivity index (χ2v) is 5.21. The minimum absolute atomic E-state index is 0.104. The number of aromatic nitrogens is 1. The lowest BCUT2D eigenvalue weighted by Gasteiger charge is -2.38. The number of fused-ring (bicyclic) bond motifs is 1. The number of ketones is 1. The van der Waals surface area contributed by atoms with E-state index < -0.39 is 0 Å². The van der Waals surface area contributed by atoms with Crippen LogP contribution in [0.4, 0.5) is 5.82 Å². The summed E-state index contributed by atoms with van der Waals surface area (Å²) >= 11 is 0. The largest absolute Gasteiger partial charge is 0.353 e. The summed E-state index contributed by atoms with van der Waals surface area (Å²) < 4.78 is 0. The van der Waals surface area contributed by atoms with Gasteiger partial charge in [0.2, 0.25) is 0 Å². The van der Waals surface area contributed by atoms with Gasteiger partial charge in [0.25, 0.3) is 0 Å². The summed E-state index contributed by atoms with van der Waals surface area (Å²) in [6.07, 6.45) is 4.36. The minimum atomic E-state index is 0.104. The van der Waals surface area contributed by atoms with Gasteiger partial charge in [-0.05, 0) is 38.4 Å². The summed E-state index contributed by atoms with van der Waals surface area (Å²) in [5.74, 6) is 0.975. The average Bonchev–Trinajstić information content (AvgIpc) is 2.85. The molecule has 1 aromatic rings. The number of hydrogen-bond donors (Lipinski definition) is 0. The van der Waals surface area contributed by atoms with Gasteiger partial charge < -0.3 is 4.90 Å². The number of hydrogen-bond acceptors (Lipinski definition) is 4. The molecule has 2 aliphatic rings. The van der Waals surface area contributed by atoms with Crippen LogP contribution in [0.5, 0.6) is 0 Å². The molecule has 0 spiro atoms. The molecule has 3 heterocycles. The third kappa shape index (κ3) is 2.01. The van der Waals surface area contributed by atoms with Crippen molar-refractivity contribution in [3.05, 3.63) is 23.9 Å². The Morgan fingerprint density at radius 3 is 3.11 bits per heavy atom. The predicted octanol–water partition coefficient (Wildman–Crippen LogP) is 1.57. The molecule has 18 heavy (non-hydrogen) atoms. The van der Waals surface area contributed by atoms with Gasteiger partial charge in [-0.3, -0.25) is 9.69 Å². The zero-order valence-corrected chi connectivity index (χ0v) is 10.8. The number of anilines is 1. The fourth-order valence-corrected chi connectivity index (χ4v) is 3.11. The maximum Gasteiger partial charge on any atom is 0.163 e. The first kappa shape index (κ1) is 11.7. The molecule has 3 rings (SSSR count). The molecule has 1 unspecified atom stereocenters. The van der Waals surface area contributed by atoms with Gasteiger partial charge in [-0.25, -0.2) is 4.98 Å². The van der Waals surface area contributed by atoms with Gasteiger partial charge in [-0.15, -0.1) is 0 Å². The Kier molecular flexibility index (Phi) is 3.04. The minimum Gasteiger partial charge on any atom is -0.353 e. The maximum atomic E-state index is 11.7. The molecule has 0 radical (unpaired) electrons. The summed E-state index contributed by atoms with van der Waals surface area (Å²) in [7, 11) is 0. The third-order valence-corrected chi connectivity index (χ3v) is 4.05. The molecule has 2 fully saturated rings. The lowest BCUT2D eigenvalue weighted by Crippen LogP contribution is -2.50.